The van der Waals surface area contributed by atoms with Gasteiger partial charge in [-0.1, -0.05) is 0 Å². The fourth-order valence-corrected chi connectivity index (χ4v) is 1.27. The Kier molecular flexibility index (Phi) is 4.17. The van der Waals surface area contributed by atoms with Gasteiger partial charge in [-0.25, -0.2) is 0 Å². The lowest BCUT2D eigenvalue weighted by Crippen LogP contribution is -2.21. The van der Waals surface area contributed by atoms with E-state index in [2.05, 4.69) is 9.98 Å². The van der Waals surface area contributed by atoms with Crippen LogP contribution in [-0.4, -0.2) is 30.9 Å². The highest BCUT2D eigenvalue weighted by atomic mass is 16.7. The average Bonchev–Trinajstić information content (AvgIpc) is 2.46. The predicted molar refractivity (Wildman–Crippen MR) is 61.3 cm³/mol. The smallest absolute Gasteiger partial charge is 0.163 e. The van der Waals surface area contributed by atoms with E-state index in [4.69, 9.17) is 9.47 Å². The molecule has 4 heteroatoms. The van der Waals surface area contributed by atoms with Crippen molar-refractivity contribution < 1.29 is 9.47 Å². The van der Waals surface area contributed by atoms with Crippen LogP contribution in [0.2, 0.25) is 0 Å². The zero-order valence-corrected chi connectivity index (χ0v) is 9.73. The molecule has 1 unspecified atom stereocenters. The van der Waals surface area contributed by atoms with Crippen molar-refractivity contribution in [1.29, 1.82) is 0 Å². The van der Waals surface area contributed by atoms with Gasteiger partial charge in [0.1, 0.15) is 6.10 Å². The van der Waals surface area contributed by atoms with Crippen molar-refractivity contribution in [1.82, 2.24) is 0 Å². The Morgan fingerprint density at radius 3 is 2.73 bits per heavy atom. The van der Waals surface area contributed by atoms with Gasteiger partial charge < -0.3 is 9.47 Å². The third-order valence-electron chi connectivity index (χ3n) is 1.88. The van der Waals surface area contributed by atoms with Crippen LogP contribution in [0.1, 0.15) is 27.7 Å². The minimum absolute atomic E-state index is 0.0605. The molecule has 1 aliphatic heterocycles. The summed E-state index contributed by atoms with van der Waals surface area (Å²) in [5.74, 6) is -0.489. The number of ether oxygens (including phenoxy) is 2. The summed E-state index contributed by atoms with van der Waals surface area (Å²) in [6.45, 7) is 8.11. The highest BCUT2D eigenvalue weighted by molar-refractivity contribution is 5.64. The summed E-state index contributed by atoms with van der Waals surface area (Å²) in [5.41, 5.74) is 0.868. The minimum Gasteiger partial charge on any atom is -0.347 e. The van der Waals surface area contributed by atoms with Gasteiger partial charge in [-0.3, -0.25) is 9.98 Å². The third-order valence-corrected chi connectivity index (χ3v) is 1.88. The predicted octanol–water partition coefficient (Wildman–Crippen LogP) is 2.16. The van der Waals surface area contributed by atoms with E-state index in [0.29, 0.717) is 6.61 Å². The average molecular weight is 210 g/mol. The van der Waals surface area contributed by atoms with Crippen LogP contribution in [0.5, 0.6) is 0 Å². The summed E-state index contributed by atoms with van der Waals surface area (Å²) in [4.78, 5) is 8.20. The molecule has 15 heavy (non-hydrogen) atoms. The lowest BCUT2D eigenvalue weighted by atomic mass is 10.4. The van der Waals surface area contributed by atoms with Gasteiger partial charge in [0.25, 0.3) is 0 Å². The maximum atomic E-state index is 5.55. The van der Waals surface area contributed by atoms with Crippen molar-refractivity contribution in [2.45, 2.75) is 39.6 Å². The molecule has 0 bridgehead atoms. The van der Waals surface area contributed by atoms with Gasteiger partial charge in [0, 0.05) is 18.6 Å². The Labute approximate surface area is 90.7 Å². The van der Waals surface area contributed by atoms with E-state index in [-0.39, 0.29) is 6.10 Å². The number of aliphatic imine (C=N–C) groups is 2. The molecular formula is C11H18N2O2. The van der Waals surface area contributed by atoms with E-state index < -0.39 is 5.79 Å². The van der Waals surface area contributed by atoms with Crippen molar-refractivity contribution in [2.75, 3.05) is 6.61 Å². The molecule has 1 fully saturated rings. The summed E-state index contributed by atoms with van der Waals surface area (Å²) < 4.78 is 10.9. The molecule has 1 heterocycles. The highest BCUT2D eigenvalue weighted by Gasteiger charge is 2.31. The van der Waals surface area contributed by atoms with E-state index in [0.717, 1.165) is 5.70 Å². The molecule has 0 aromatic carbocycles. The van der Waals surface area contributed by atoms with E-state index in [9.17, 15) is 0 Å². The molecule has 4 nitrogen and oxygen atoms in total. The first-order chi connectivity index (χ1) is 7.03. The summed E-state index contributed by atoms with van der Waals surface area (Å²) in [6, 6.07) is 0. The molecule has 1 aliphatic rings. The van der Waals surface area contributed by atoms with Gasteiger partial charge in [0.15, 0.2) is 5.79 Å². The van der Waals surface area contributed by atoms with Crippen molar-refractivity contribution in [3.63, 3.8) is 0 Å². The molecule has 0 N–H and O–H groups in total. The van der Waals surface area contributed by atoms with Gasteiger partial charge in [-0.2, -0.15) is 0 Å². The molecule has 1 rings (SSSR count). The normalized spacial score (nSPS) is 26.9. The Balaban J connectivity index is 2.43. The van der Waals surface area contributed by atoms with Crippen LogP contribution in [0.3, 0.4) is 0 Å². The summed E-state index contributed by atoms with van der Waals surface area (Å²) in [7, 11) is 0. The number of rotatable bonds is 3. The van der Waals surface area contributed by atoms with Crippen molar-refractivity contribution in [3.8, 4) is 0 Å². The lowest BCUT2D eigenvalue weighted by molar-refractivity contribution is -0.130. The second-order valence-corrected chi connectivity index (χ2v) is 3.82. The summed E-state index contributed by atoms with van der Waals surface area (Å²) >= 11 is 0. The molecular weight excluding hydrogens is 192 g/mol. The number of nitrogens with zero attached hydrogens (tertiary/aromatic N) is 2. The monoisotopic (exact) mass is 210 g/mol. The molecule has 84 valence electrons. The zero-order chi connectivity index (χ0) is 11.3. The first-order valence-corrected chi connectivity index (χ1v) is 5.04. The second-order valence-electron chi connectivity index (χ2n) is 3.82. The molecule has 0 radical (unpaired) electrons. The van der Waals surface area contributed by atoms with Crippen LogP contribution in [0.15, 0.2) is 21.9 Å². The molecule has 0 amide bonds. The first kappa shape index (κ1) is 12.1. The maximum Gasteiger partial charge on any atom is 0.163 e. The van der Waals surface area contributed by atoms with Gasteiger partial charge in [-0.05, 0) is 27.7 Å². The van der Waals surface area contributed by atoms with Gasteiger partial charge >= 0.3 is 0 Å². The number of hydrogen-bond donors (Lipinski definition) is 0. The van der Waals surface area contributed by atoms with Crippen LogP contribution >= 0.6 is 0 Å². The Bertz CT molecular complexity index is 293. The Morgan fingerprint density at radius 2 is 2.20 bits per heavy atom. The molecule has 0 aromatic rings. The Hall–Kier alpha value is -1.00. The van der Waals surface area contributed by atoms with Gasteiger partial charge in [0.05, 0.1) is 12.3 Å². The molecule has 0 aliphatic carbocycles. The molecule has 0 saturated carbocycles. The van der Waals surface area contributed by atoms with Crippen LogP contribution in [-0.2, 0) is 9.47 Å². The van der Waals surface area contributed by atoms with E-state index in [1.54, 1.807) is 18.6 Å². The maximum absolute atomic E-state index is 5.55. The summed E-state index contributed by atoms with van der Waals surface area (Å²) in [6.07, 6.45) is 5.12. The standard InChI is InChI=1S/C11H18N2O2/c1-5-13-9(2)6-12-7-10-8-14-11(3,4)15-10/h5-7,10H,8H2,1-4H3/b9-6-,12-7?,13-5?. The van der Waals surface area contributed by atoms with Crippen LogP contribution < -0.4 is 0 Å². The number of hydrogen-bond acceptors (Lipinski definition) is 4. The van der Waals surface area contributed by atoms with Crippen LogP contribution in [0.4, 0.5) is 0 Å². The third kappa shape index (κ3) is 4.36. The first-order valence-electron chi connectivity index (χ1n) is 5.04. The van der Waals surface area contributed by atoms with Crippen LogP contribution in [0.25, 0.3) is 0 Å². The molecule has 0 aromatic heterocycles. The number of allylic oxidation sites excluding steroid dienone is 1. The largest absolute Gasteiger partial charge is 0.347 e. The van der Waals surface area contributed by atoms with E-state index in [1.807, 2.05) is 27.7 Å². The molecule has 0 spiro atoms. The zero-order valence-electron chi connectivity index (χ0n) is 9.73. The van der Waals surface area contributed by atoms with Crippen molar-refractivity contribution >= 4 is 12.4 Å². The summed E-state index contributed by atoms with van der Waals surface area (Å²) in [5, 5.41) is 0. The second kappa shape index (κ2) is 5.19. The van der Waals surface area contributed by atoms with Crippen LogP contribution in [0, 0.1) is 0 Å². The highest BCUT2D eigenvalue weighted by Crippen LogP contribution is 2.21. The molecule has 1 saturated heterocycles. The van der Waals surface area contributed by atoms with E-state index in [1.165, 1.54) is 0 Å². The molecule has 1 atom stereocenters. The van der Waals surface area contributed by atoms with Crippen molar-refractivity contribution in [2.24, 2.45) is 9.98 Å². The topological polar surface area (TPSA) is 43.2 Å². The Morgan fingerprint density at radius 1 is 1.47 bits per heavy atom. The fraction of sp³-hybridized carbons (Fsp3) is 0.636. The minimum atomic E-state index is -0.489. The fourth-order valence-electron chi connectivity index (χ4n) is 1.27. The van der Waals surface area contributed by atoms with Crippen molar-refractivity contribution in [3.05, 3.63) is 11.9 Å². The van der Waals surface area contributed by atoms with E-state index >= 15 is 0 Å². The SMILES string of the molecule is CC=N/C(C)=C\N=CC1COC(C)(C)O1. The van der Waals surface area contributed by atoms with Gasteiger partial charge in [-0.15, -0.1) is 0 Å². The lowest BCUT2D eigenvalue weighted by Gasteiger charge is -2.15. The van der Waals surface area contributed by atoms with Gasteiger partial charge in [0.2, 0.25) is 0 Å². The quantitative estimate of drug-likeness (QED) is 0.670.